The van der Waals surface area contributed by atoms with Crippen molar-refractivity contribution in [1.29, 1.82) is 0 Å². The third-order valence-corrected chi connectivity index (χ3v) is 4.28. The second-order valence-corrected chi connectivity index (χ2v) is 6.04. The smallest absolute Gasteiger partial charge is 0.273 e. The molecule has 2 aromatic rings. The summed E-state index contributed by atoms with van der Waals surface area (Å²) in [4.78, 5) is 20.7. The predicted molar refractivity (Wildman–Crippen MR) is 81.1 cm³/mol. The Morgan fingerprint density at radius 3 is 2.95 bits per heavy atom. The molecular formula is C14H19N5OS. The summed E-state index contributed by atoms with van der Waals surface area (Å²) in [6, 6.07) is 0. The minimum absolute atomic E-state index is 0.0551. The van der Waals surface area contributed by atoms with Crippen LogP contribution in [0.25, 0.3) is 0 Å². The topological polar surface area (TPSA) is 54.3 Å². The standard InChI is InChI=1S/C14H19N5OS/c1-17-8-12(7-16-17)9-18-3-2-4-19(6-5-18)14(20)13-10-21-11-15-13/h7-8,10-11H,2-6,9H2,1H3. The van der Waals surface area contributed by atoms with Crippen LogP contribution in [0, 0.1) is 0 Å². The number of hydrogen-bond acceptors (Lipinski definition) is 5. The molecule has 1 saturated heterocycles. The van der Waals surface area contributed by atoms with Crippen molar-refractivity contribution in [3.8, 4) is 0 Å². The number of amides is 1. The summed E-state index contributed by atoms with van der Waals surface area (Å²) in [7, 11) is 1.93. The molecule has 6 nitrogen and oxygen atoms in total. The number of nitrogens with zero attached hydrogens (tertiary/aromatic N) is 5. The van der Waals surface area contributed by atoms with Crippen molar-refractivity contribution in [1.82, 2.24) is 24.6 Å². The van der Waals surface area contributed by atoms with Gasteiger partial charge in [0.15, 0.2) is 0 Å². The van der Waals surface area contributed by atoms with Gasteiger partial charge in [-0.05, 0) is 6.42 Å². The van der Waals surface area contributed by atoms with Gasteiger partial charge in [-0.3, -0.25) is 14.4 Å². The monoisotopic (exact) mass is 305 g/mol. The second kappa shape index (κ2) is 6.36. The van der Waals surface area contributed by atoms with Gasteiger partial charge in [0, 0.05) is 56.9 Å². The molecule has 0 unspecified atom stereocenters. The first-order chi connectivity index (χ1) is 10.2. The van der Waals surface area contributed by atoms with Crippen molar-refractivity contribution in [3.63, 3.8) is 0 Å². The van der Waals surface area contributed by atoms with Crippen LogP contribution in [0.3, 0.4) is 0 Å². The summed E-state index contributed by atoms with van der Waals surface area (Å²) in [6.45, 7) is 4.36. The molecule has 0 N–H and O–H groups in total. The molecule has 0 radical (unpaired) electrons. The van der Waals surface area contributed by atoms with Crippen molar-refractivity contribution in [2.75, 3.05) is 26.2 Å². The zero-order chi connectivity index (χ0) is 14.7. The van der Waals surface area contributed by atoms with Crippen molar-refractivity contribution >= 4 is 17.2 Å². The maximum Gasteiger partial charge on any atom is 0.273 e. The maximum atomic E-state index is 12.3. The highest BCUT2D eigenvalue weighted by molar-refractivity contribution is 7.07. The van der Waals surface area contributed by atoms with Crippen molar-refractivity contribution in [2.45, 2.75) is 13.0 Å². The van der Waals surface area contributed by atoms with Crippen LogP contribution in [0.2, 0.25) is 0 Å². The Labute approximate surface area is 128 Å². The van der Waals surface area contributed by atoms with Crippen molar-refractivity contribution in [3.05, 3.63) is 34.5 Å². The minimum Gasteiger partial charge on any atom is -0.336 e. The lowest BCUT2D eigenvalue weighted by atomic mass is 10.3. The maximum absolute atomic E-state index is 12.3. The minimum atomic E-state index is 0.0551. The predicted octanol–water partition coefficient (Wildman–Crippen LogP) is 1.22. The molecule has 112 valence electrons. The van der Waals surface area contributed by atoms with Crippen LogP contribution < -0.4 is 0 Å². The average molecular weight is 305 g/mol. The summed E-state index contributed by atoms with van der Waals surface area (Å²) in [5, 5.41) is 6.02. The fourth-order valence-electron chi connectivity index (χ4n) is 2.62. The Bertz CT molecular complexity index is 594. The van der Waals surface area contributed by atoms with Gasteiger partial charge >= 0.3 is 0 Å². The highest BCUT2D eigenvalue weighted by atomic mass is 32.1. The van der Waals surface area contributed by atoms with Crippen LogP contribution in [0.15, 0.2) is 23.3 Å². The van der Waals surface area contributed by atoms with Crippen LogP contribution in [0.1, 0.15) is 22.5 Å². The van der Waals surface area contributed by atoms with Gasteiger partial charge in [-0.2, -0.15) is 5.10 Å². The number of aromatic nitrogens is 3. The molecule has 0 bridgehead atoms. The van der Waals surface area contributed by atoms with Gasteiger partial charge in [-0.25, -0.2) is 4.98 Å². The molecule has 0 aliphatic carbocycles. The lowest BCUT2D eigenvalue weighted by Crippen LogP contribution is -2.35. The molecule has 21 heavy (non-hydrogen) atoms. The van der Waals surface area contributed by atoms with Gasteiger partial charge in [0.2, 0.25) is 0 Å². The van der Waals surface area contributed by atoms with Crippen LogP contribution in [-0.4, -0.2) is 56.7 Å². The third kappa shape index (κ3) is 3.48. The van der Waals surface area contributed by atoms with E-state index in [-0.39, 0.29) is 5.91 Å². The van der Waals surface area contributed by atoms with Crippen LogP contribution in [-0.2, 0) is 13.6 Å². The zero-order valence-electron chi connectivity index (χ0n) is 12.1. The summed E-state index contributed by atoms with van der Waals surface area (Å²) in [6.07, 6.45) is 4.95. The Hall–Kier alpha value is -1.73. The normalized spacial score (nSPS) is 16.9. The first-order valence-corrected chi connectivity index (χ1v) is 8.04. The zero-order valence-corrected chi connectivity index (χ0v) is 12.9. The Morgan fingerprint density at radius 2 is 2.24 bits per heavy atom. The molecule has 0 atom stereocenters. The lowest BCUT2D eigenvalue weighted by molar-refractivity contribution is 0.0756. The quantitative estimate of drug-likeness (QED) is 0.856. The Kier molecular flexibility index (Phi) is 4.31. The van der Waals surface area contributed by atoms with Gasteiger partial charge in [0.05, 0.1) is 11.7 Å². The van der Waals surface area contributed by atoms with Crippen LogP contribution in [0.5, 0.6) is 0 Å². The number of rotatable bonds is 3. The van der Waals surface area contributed by atoms with Crippen LogP contribution in [0.4, 0.5) is 0 Å². The highest BCUT2D eigenvalue weighted by Crippen LogP contribution is 2.11. The molecule has 3 rings (SSSR count). The van der Waals surface area contributed by atoms with Gasteiger partial charge in [0.25, 0.3) is 5.91 Å². The van der Waals surface area contributed by atoms with Gasteiger partial charge < -0.3 is 4.90 Å². The fourth-order valence-corrected chi connectivity index (χ4v) is 3.15. The summed E-state index contributed by atoms with van der Waals surface area (Å²) in [5.74, 6) is 0.0551. The molecule has 1 fully saturated rings. The van der Waals surface area contributed by atoms with E-state index in [4.69, 9.17) is 0 Å². The van der Waals surface area contributed by atoms with E-state index in [0.29, 0.717) is 5.69 Å². The molecule has 1 aliphatic rings. The van der Waals surface area contributed by atoms with E-state index in [0.717, 1.165) is 39.1 Å². The molecule has 0 saturated carbocycles. The SMILES string of the molecule is Cn1cc(CN2CCCN(C(=O)c3cscn3)CC2)cn1. The van der Waals surface area contributed by atoms with Gasteiger partial charge in [0.1, 0.15) is 5.69 Å². The first kappa shape index (κ1) is 14.2. The van der Waals surface area contributed by atoms with Gasteiger partial charge in [-0.1, -0.05) is 0 Å². The molecule has 0 spiro atoms. The number of carbonyl (C=O) groups excluding carboxylic acids is 1. The molecule has 7 heteroatoms. The Morgan fingerprint density at radius 1 is 1.33 bits per heavy atom. The summed E-state index contributed by atoms with van der Waals surface area (Å²) < 4.78 is 1.82. The van der Waals surface area contributed by atoms with E-state index in [1.807, 2.05) is 34.4 Å². The lowest BCUT2D eigenvalue weighted by Gasteiger charge is -2.21. The third-order valence-electron chi connectivity index (χ3n) is 3.69. The van der Waals surface area contributed by atoms with Crippen LogP contribution >= 0.6 is 11.3 Å². The molecule has 2 aromatic heterocycles. The van der Waals surface area contributed by atoms with E-state index in [9.17, 15) is 4.79 Å². The van der Waals surface area contributed by atoms with E-state index in [1.54, 1.807) is 5.51 Å². The molecule has 3 heterocycles. The first-order valence-electron chi connectivity index (χ1n) is 7.10. The van der Waals surface area contributed by atoms with Crippen molar-refractivity contribution in [2.24, 2.45) is 7.05 Å². The molecule has 1 aliphatic heterocycles. The number of aryl methyl sites for hydroxylation is 1. The van der Waals surface area contributed by atoms with E-state index in [1.165, 1.54) is 16.9 Å². The Balaban J connectivity index is 1.58. The fraction of sp³-hybridized carbons (Fsp3) is 0.500. The number of thiazole rings is 1. The second-order valence-electron chi connectivity index (χ2n) is 5.32. The van der Waals surface area contributed by atoms with Gasteiger partial charge in [-0.15, -0.1) is 11.3 Å². The average Bonchev–Trinajstić information content (AvgIpc) is 3.08. The van der Waals surface area contributed by atoms with E-state index < -0.39 is 0 Å². The van der Waals surface area contributed by atoms with E-state index >= 15 is 0 Å². The van der Waals surface area contributed by atoms with Crippen molar-refractivity contribution < 1.29 is 4.79 Å². The number of hydrogen-bond donors (Lipinski definition) is 0. The number of carbonyl (C=O) groups is 1. The molecule has 1 amide bonds. The molecular weight excluding hydrogens is 286 g/mol. The highest BCUT2D eigenvalue weighted by Gasteiger charge is 2.21. The largest absolute Gasteiger partial charge is 0.336 e. The van der Waals surface area contributed by atoms with E-state index in [2.05, 4.69) is 15.0 Å². The summed E-state index contributed by atoms with van der Waals surface area (Å²) >= 11 is 1.46. The molecule has 0 aromatic carbocycles. The summed E-state index contributed by atoms with van der Waals surface area (Å²) in [5.41, 5.74) is 3.50.